The Morgan fingerprint density at radius 2 is 2.05 bits per heavy atom. The highest BCUT2D eigenvalue weighted by molar-refractivity contribution is 5.94. The van der Waals surface area contributed by atoms with E-state index >= 15 is 0 Å². The van der Waals surface area contributed by atoms with Crippen LogP contribution in [0.1, 0.15) is 29.3 Å². The zero-order valence-electron chi connectivity index (χ0n) is 10.9. The van der Waals surface area contributed by atoms with Crippen LogP contribution in [0.25, 0.3) is 0 Å². The number of alkyl halides is 3. The van der Waals surface area contributed by atoms with Crippen molar-refractivity contribution in [2.24, 2.45) is 0 Å². The summed E-state index contributed by atoms with van der Waals surface area (Å²) in [7, 11) is 0. The van der Waals surface area contributed by atoms with E-state index in [1.807, 2.05) is 6.92 Å². The molecule has 0 bridgehead atoms. The van der Waals surface area contributed by atoms with Gasteiger partial charge in [-0.15, -0.1) is 0 Å². The first-order chi connectivity index (χ1) is 9.38. The monoisotopic (exact) mass is 293 g/mol. The van der Waals surface area contributed by atoms with E-state index in [0.717, 1.165) is 12.1 Å². The quantitative estimate of drug-likeness (QED) is 0.647. The molecule has 1 rings (SSSR count). The van der Waals surface area contributed by atoms with Crippen LogP contribution >= 0.6 is 0 Å². The Morgan fingerprint density at radius 3 is 2.65 bits per heavy atom. The lowest BCUT2D eigenvalue weighted by Crippen LogP contribution is -2.27. The van der Waals surface area contributed by atoms with Crippen LogP contribution in [0.5, 0.6) is 0 Å². The van der Waals surface area contributed by atoms with Gasteiger partial charge in [0.05, 0.1) is 11.1 Å². The average Bonchev–Trinajstić information content (AvgIpc) is 2.37. The summed E-state index contributed by atoms with van der Waals surface area (Å²) in [6.07, 6.45) is -4.32. The predicted octanol–water partition coefficient (Wildman–Crippen LogP) is 3.00. The van der Waals surface area contributed by atoms with Gasteiger partial charge in [0.25, 0.3) is 5.91 Å². The molecule has 1 aromatic carbocycles. The molecule has 1 amide bonds. The van der Waals surface area contributed by atoms with Crippen LogP contribution in [0.2, 0.25) is 0 Å². The van der Waals surface area contributed by atoms with E-state index in [2.05, 4.69) is 5.32 Å². The molecule has 112 valence electrons. The van der Waals surface area contributed by atoms with E-state index in [9.17, 15) is 22.4 Å². The first kappa shape index (κ1) is 16.4. The van der Waals surface area contributed by atoms with Gasteiger partial charge in [-0.3, -0.25) is 4.79 Å². The molecular formula is C13H15F4NO2. The molecule has 0 saturated heterocycles. The second kappa shape index (κ2) is 7.23. The second-order valence-electron chi connectivity index (χ2n) is 3.97. The molecule has 0 saturated carbocycles. The first-order valence-electron chi connectivity index (χ1n) is 6.09. The second-order valence-corrected chi connectivity index (χ2v) is 3.97. The maximum atomic E-state index is 13.6. The Bertz CT molecular complexity index is 460. The van der Waals surface area contributed by atoms with Crippen molar-refractivity contribution in [3.8, 4) is 0 Å². The van der Waals surface area contributed by atoms with Crippen LogP contribution in [0.15, 0.2) is 18.2 Å². The van der Waals surface area contributed by atoms with E-state index in [1.165, 1.54) is 0 Å². The van der Waals surface area contributed by atoms with Crippen molar-refractivity contribution < 1.29 is 27.1 Å². The molecule has 0 heterocycles. The molecule has 0 aliphatic heterocycles. The molecule has 3 nitrogen and oxygen atoms in total. The van der Waals surface area contributed by atoms with Crippen molar-refractivity contribution in [2.75, 3.05) is 19.8 Å². The smallest absolute Gasteiger partial charge is 0.382 e. The number of carbonyl (C=O) groups excluding carboxylic acids is 1. The highest BCUT2D eigenvalue weighted by Crippen LogP contribution is 2.32. The molecule has 1 aromatic rings. The summed E-state index contributed by atoms with van der Waals surface area (Å²) in [5.41, 5.74) is -2.06. The van der Waals surface area contributed by atoms with Crippen LogP contribution < -0.4 is 5.32 Å². The average molecular weight is 293 g/mol. The lowest BCUT2D eigenvalue weighted by atomic mass is 10.1. The third kappa shape index (κ3) is 4.48. The number of hydrogen-bond donors (Lipinski definition) is 1. The summed E-state index contributed by atoms with van der Waals surface area (Å²) in [6.45, 7) is 2.98. The summed E-state index contributed by atoms with van der Waals surface area (Å²) in [5, 5.41) is 2.35. The molecule has 0 aliphatic carbocycles. The molecular weight excluding hydrogens is 278 g/mol. The van der Waals surface area contributed by atoms with Gasteiger partial charge >= 0.3 is 6.18 Å². The fourth-order valence-corrected chi connectivity index (χ4v) is 1.54. The van der Waals surface area contributed by atoms with Crippen molar-refractivity contribution in [1.82, 2.24) is 5.32 Å². The molecule has 0 fully saturated rings. The third-order valence-corrected chi connectivity index (χ3v) is 2.50. The molecule has 7 heteroatoms. The number of hydrogen-bond acceptors (Lipinski definition) is 2. The van der Waals surface area contributed by atoms with Gasteiger partial charge in [0.15, 0.2) is 0 Å². The van der Waals surface area contributed by atoms with Gasteiger partial charge in [0.1, 0.15) is 5.82 Å². The number of ether oxygens (including phenoxy) is 1. The Morgan fingerprint density at radius 1 is 1.35 bits per heavy atom. The number of benzene rings is 1. The molecule has 0 aliphatic rings. The fraction of sp³-hybridized carbons (Fsp3) is 0.462. The lowest BCUT2D eigenvalue weighted by Gasteiger charge is -2.11. The van der Waals surface area contributed by atoms with Crippen LogP contribution in [-0.2, 0) is 10.9 Å². The van der Waals surface area contributed by atoms with E-state index in [4.69, 9.17) is 4.74 Å². The van der Waals surface area contributed by atoms with E-state index in [0.29, 0.717) is 25.7 Å². The SMILES string of the molecule is CCOCCCNC(=O)c1cccc(C(F)(F)F)c1F. The number of rotatable bonds is 6. The third-order valence-electron chi connectivity index (χ3n) is 2.50. The van der Waals surface area contributed by atoms with Gasteiger partial charge in [-0.05, 0) is 25.5 Å². The Hall–Kier alpha value is -1.63. The molecule has 0 aromatic heterocycles. The first-order valence-corrected chi connectivity index (χ1v) is 6.09. The highest BCUT2D eigenvalue weighted by Gasteiger charge is 2.35. The van der Waals surface area contributed by atoms with E-state index in [1.54, 1.807) is 0 Å². The van der Waals surface area contributed by atoms with E-state index < -0.39 is 29.0 Å². The minimum Gasteiger partial charge on any atom is -0.382 e. The molecule has 0 spiro atoms. The number of amides is 1. The van der Waals surface area contributed by atoms with Crippen molar-refractivity contribution in [3.63, 3.8) is 0 Å². The topological polar surface area (TPSA) is 38.3 Å². The van der Waals surface area contributed by atoms with Gasteiger partial charge in [-0.25, -0.2) is 4.39 Å². The maximum absolute atomic E-state index is 13.6. The Balaban J connectivity index is 2.69. The zero-order chi connectivity index (χ0) is 15.2. The summed E-state index contributed by atoms with van der Waals surface area (Å²) < 4.78 is 56.2. The van der Waals surface area contributed by atoms with Crippen LogP contribution in [0, 0.1) is 5.82 Å². The summed E-state index contributed by atoms with van der Waals surface area (Å²) in [6, 6.07) is 2.62. The standard InChI is InChI=1S/C13H15F4NO2/c1-2-20-8-4-7-18-12(19)9-5-3-6-10(11(9)14)13(15,16)17/h3,5-6H,2,4,7-8H2,1H3,(H,18,19). The molecule has 0 atom stereocenters. The molecule has 0 radical (unpaired) electrons. The highest BCUT2D eigenvalue weighted by atomic mass is 19.4. The molecule has 0 unspecified atom stereocenters. The van der Waals surface area contributed by atoms with Gasteiger partial charge in [-0.2, -0.15) is 13.2 Å². The van der Waals surface area contributed by atoms with Gasteiger partial charge in [0.2, 0.25) is 0 Å². The number of carbonyl (C=O) groups is 1. The minimum atomic E-state index is -4.82. The van der Waals surface area contributed by atoms with Crippen molar-refractivity contribution in [1.29, 1.82) is 0 Å². The Labute approximate surface area is 113 Å². The summed E-state index contributed by atoms with van der Waals surface area (Å²) in [4.78, 5) is 11.6. The molecule has 1 N–H and O–H groups in total. The fourth-order valence-electron chi connectivity index (χ4n) is 1.54. The molecule has 20 heavy (non-hydrogen) atoms. The summed E-state index contributed by atoms with van der Waals surface area (Å²) >= 11 is 0. The Kier molecular flexibility index (Phi) is 5.94. The van der Waals surface area contributed by atoms with Crippen LogP contribution in [0.3, 0.4) is 0 Å². The normalized spacial score (nSPS) is 11.4. The summed E-state index contributed by atoms with van der Waals surface area (Å²) in [5.74, 6) is -2.42. The van der Waals surface area contributed by atoms with Gasteiger partial charge in [-0.1, -0.05) is 6.07 Å². The largest absolute Gasteiger partial charge is 0.419 e. The predicted molar refractivity (Wildman–Crippen MR) is 64.8 cm³/mol. The lowest BCUT2D eigenvalue weighted by molar-refractivity contribution is -0.140. The van der Waals surface area contributed by atoms with Crippen LogP contribution in [0.4, 0.5) is 17.6 Å². The van der Waals surface area contributed by atoms with Crippen molar-refractivity contribution >= 4 is 5.91 Å². The number of nitrogens with one attached hydrogen (secondary N) is 1. The zero-order valence-corrected chi connectivity index (χ0v) is 10.9. The van der Waals surface area contributed by atoms with Crippen LogP contribution in [-0.4, -0.2) is 25.7 Å². The number of halogens is 4. The van der Waals surface area contributed by atoms with Crippen molar-refractivity contribution in [2.45, 2.75) is 19.5 Å². The maximum Gasteiger partial charge on any atom is 0.419 e. The van der Waals surface area contributed by atoms with Gasteiger partial charge < -0.3 is 10.1 Å². The van der Waals surface area contributed by atoms with E-state index in [-0.39, 0.29) is 6.54 Å². The minimum absolute atomic E-state index is 0.203. The van der Waals surface area contributed by atoms with Gasteiger partial charge in [0, 0.05) is 19.8 Å². The van der Waals surface area contributed by atoms with Crippen molar-refractivity contribution in [3.05, 3.63) is 35.1 Å².